The maximum atomic E-state index is 12.1. The number of hydrogen-bond acceptors (Lipinski definition) is 2. The SMILES string of the molecule is O=C1CC(C2C=CCCC2)OC2=C1CCCC2. The summed E-state index contributed by atoms with van der Waals surface area (Å²) in [5.41, 5.74) is 1.01. The van der Waals surface area contributed by atoms with Crippen LogP contribution in [0, 0.1) is 5.92 Å². The lowest BCUT2D eigenvalue weighted by molar-refractivity contribution is -0.121. The van der Waals surface area contributed by atoms with Crippen LogP contribution in [0.2, 0.25) is 0 Å². The molecule has 0 saturated carbocycles. The van der Waals surface area contributed by atoms with Crippen molar-refractivity contribution in [2.75, 3.05) is 0 Å². The molecule has 2 atom stereocenters. The third-order valence-corrected chi connectivity index (χ3v) is 4.20. The Morgan fingerprint density at radius 1 is 1.18 bits per heavy atom. The Bertz CT molecular complexity index is 378. The Morgan fingerprint density at radius 3 is 2.88 bits per heavy atom. The highest BCUT2D eigenvalue weighted by molar-refractivity contribution is 5.97. The summed E-state index contributed by atoms with van der Waals surface area (Å²) in [6.45, 7) is 0. The third kappa shape index (κ3) is 2.18. The number of rotatable bonds is 1. The number of allylic oxidation sites excluding steroid dienone is 3. The summed E-state index contributed by atoms with van der Waals surface area (Å²) in [6, 6.07) is 0. The monoisotopic (exact) mass is 232 g/mol. The lowest BCUT2D eigenvalue weighted by Crippen LogP contribution is -2.33. The number of carbonyl (C=O) groups excluding carboxylic acids is 1. The minimum absolute atomic E-state index is 0.121. The summed E-state index contributed by atoms with van der Waals surface area (Å²) in [5, 5.41) is 0. The molecular formula is C15H20O2. The van der Waals surface area contributed by atoms with Gasteiger partial charge in [0.2, 0.25) is 0 Å². The van der Waals surface area contributed by atoms with E-state index in [9.17, 15) is 4.79 Å². The molecule has 0 spiro atoms. The van der Waals surface area contributed by atoms with Crippen molar-refractivity contribution in [3.63, 3.8) is 0 Å². The zero-order valence-corrected chi connectivity index (χ0v) is 10.3. The van der Waals surface area contributed by atoms with E-state index in [1.54, 1.807) is 0 Å². The average Bonchev–Trinajstić information content (AvgIpc) is 2.40. The van der Waals surface area contributed by atoms with Crippen molar-refractivity contribution in [3.05, 3.63) is 23.5 Å². The van der Waals surface area contributed by atoms with E-state index in [0.29, 0.717) is 18.1 Å². The van der Waals surface area contributed by atoms with Crippen LogP contribution in [0.4, 0.5) is 0 Å². The molecule has 3 rings (SSSR count). The second-order valence-electron chi connectivity index (χ2n) is 5.42. The highest BCUT2D eigenvalue weighted by Gasteiger charge is 2.33. The van der Waals surface area contributed by atoms with Crippen LogP contribution >= 0.6 is 0 Å². The first kappa shape index (κ1) is 11.1. The molecule has 1 heterocycles. The largest absolute Gasteiger partial charge is 0.493 e. The van der Waals surface area contributed by atoms with Gasteiger partial charge in [0.25, 0.3) is 0 Å². The van der Waals surface area contributed by atoms with Gasteiger partial charge < -0.3 is 4.74 Å². The van der Waals surface area contributed by atoms with Gasteiger partial charge in [-0.15, -0.1) is 0 Å². The number of Topliss-reactive ketones (excluding diaryl/α,β-unsaturated/α-hetero) is 1. The molecule has 0 radical (unpaired) electrons. The van der Waals surface area contributed by atoms with Gasteiger partial charge in [-0.25, -0.2) is 0 Å². The molecule has 3 aliphatic rings. The zero-order valence-electron chi connectivity index (χ0n) is 10.3. The summed E-state index contributed by atoms with van der Waals surface area (Å²) in [7, 11) is 0. The summed E-state index contributed by atoms with van der Waals surface area (Å²) in [4.78, 5) is 12.1. The van der Waals surface area contributed by atoms with Crippen LogP contribution in [0.25, 0.3) is 0 Å². The summed E-state index contributed by atoms with van der Waals surface area (Å²) < 4.78 is 6.11. The Kier molecular flexibility index (Phi) is 3.04. The summed E-state index contributed by atoms with van der Waals surface area (Å²) >= 11 is 0. The predicted molar refractivity (Wildman–Crippen MR) is 66.5 cm³/mol. The van der Waals surface area contributed by atoms with Crippen LogP contribution in [0.5, 0.6) is 0 Å². The predicted octanol–water partition coefficient (Wildman–Crippen LogP) is 3.53. The van der Waals surface area contributed by atoms with Gasteiger partial charge in [-0.2, -0.15) is 0 Å². The Balaban J connectivity index is 1.78. The van der Waals surface area contributed by atoms with Crippen LogP contribution < -0.4 is 0 Å². The van der Waals surface area contributed by atoms with Crippen LogP contribution in [-0.2, 0) is 9.53 Å². The van der Waals surface area contributed by atoms with Crippen molar-refractivity contribution in [3.8, 4) is 0 Å². The van der Waals surface area contributed by atoms with Gasteiger partial charge in [0, 0.05) is 24.3 Å². The van der Waals surface area contributed by atoms with Gasteiger partial charge >= 0.3 is 0 Å². The first-order valence-corrected chi connectivity index (χ1v) is 6.93. The van der Waals surface area contributed by atoms with Gasteiger partial charge in [0.15, 0.2) is 5.78 Å². The number of carbonyl (C=O) groups is 1. The molecule has 2 unspecified atom stereocenters. The lowest BCUT2D eigenvalue weighted by Gasteiger charge is -2.34. The number of ether oxygens (including phenoxy) is 1. The molecule has 0 fully saturated rings. The Labute approximate surface area is 103 Å². The van der Waals surface area contributed by atoms with Crippen molar-refractivity contribution >= 4 is 5.78 Å². The molecule has 0 amide bonds. The van der Waals surface area contributed by atoms with Crippen LogP contribution in [-0.4, -0.2) is 11.9 Å². The molecular weight excluding hydrogens is 212 g/mol. The van der Waals surface area contributed by atoms with Gasteiger partial charge in [-0.1, -0.05) is 12.2 Å². The average molecular weight is 232 g/mol. The van der Waals surface area contributed by atoms with E-state index >= 15 is 0 Å². The molecule has 0 bridgehead atoms. The second-order valence-corrected chi connectivity index (χ2v) is 5.42. The highest BCUT2D eigenvalue weighted by atomic mass is 16.5. The maximum Gasteiger partial charge on any atom is 0.165 e. The standard InChI is InChI=1S/C15H20O2/c16-13-10-15(11-6-2-1-3-7-11)17-14-9-5-4-8-12(13)14/h2,6,11,15H,1,3-5,7-10H2. The second kappa shape index (κ2) is 4.67. The van der Waals surface area contributed by atoms with Gasteiger partial charge in [-0.3, -0.25) is 4.79 Å². The molecule has 0 aromatic heterocycles. The molecule has 92 valence electrons. The molecule has 0 N–H and O–H groups in total. The van der Waals surface area contributed by atoms with E-state index in [2.05, 4.69) is 12.2 Å². The van der Waals surface area contributed by atoms with E-state index in [1.165, 1.54) is 25.7 Å². The van der Waals surface area contributed by atoms with Crippen LogP contribution in [0.3, 0.4) is 0 Å². The Hall–Kier alpha value is -1.05. The number of hydrogen-bond donors (Lipinski definition) is 0. The van der Waals surface area contributed by atoms with E-state index in [-0.39, 0.29) is 6.10 Å². The maximum absolute atomic E-state index is 12.1. The van der Waals surface area contributed by atoms with Crippen molar-refractivity contribution in [2.45, 2.75) is 57.5 Å². The van der Waals surface area contributed by atoms with Crippen LogP contribution in [0.15, 0.2) is 23.5 Å². The smallest absolute Gasteiger partial charge is 0.165 e. The van der Waals surface area contributed by atoms with Gasteiger partial charge in [-0.05, 0) is 38.5 Å². The van der Waals surface area contributed by atoms with Crippen molar-refractivity contribution in [1.82, 2.24) is 0 Å². The number of ketones is 1. The summed E-state index contributed by atoms with van der Waals surface area (Å²) in [5.74, 6) is 1.84. The minimum atomic E-state index is 0.121. The fourth-order valence-electron chi connectivity index (χ4n) is 3.22. The molecule has 2 aliphatic carbocycles. The molecule has 0 aromatic carbocycles. The molecule has 0 saturated heterocycles. The third-order valence-electron chi connectivity index (χ3n) is 4.20. The Morgan fingerprint density at radius 2 is 2.06 bits per heavy atom. The quantitative estimate of drug-likeness (QED) is 0.646. The molecule has 17 heavy (non-hydrogen) atoms. The first-order valence-electron chi connectivity index (χ1n) is 6.93. The lowest BCUT2D eigenvalue weighted by atomic mass is 9.83. The van der Waals surface area contributed by atoms with Crippen molar-refractivity contribution in [1.29, 1.82) is 0 Å². The van der Waals surface area contributed by atoms with E-state index in [4.69, 9.17) is 4.74 Å². The topological polar surface area (TPSA) is 26.3 Å². The fourth-order valence-corrected chi connectivity index (χ4v) is 3.22. The van der Waals surface area contributed by atoms with Crippen molar-refractivity contribution in [2.24, 2.45) is 5.92 Å². The van der Waals surface area contributed by atoms with Crippen LogP contribution in [0.1, 0.15) is 51.4 Å². The molecule has 1 aliphatic heterocycles. The van der Waals surface area contributed by atoms with E-state index < -0.39 is 0 Å². The zero-order chi connectivity index (χ0) is 11.7. The fraction of sp³-hybridized carbons (Fsp3) is 0.667. The van der Waals surface area contributed by atoms with E-state index in [0.717, 1.165) is 30.6 Å². The van der Waals surface area contributed by atoms with Gasteiger partial charge in [0.1, 0.15) is 11.9 Å². The minimum Gasteiger partial charge on any atom is -0.493 e. The highest BCUT2D eigenvalue weighted by Crippen LogP contribution is 2.36. The molecule has 2 nitrogen and oxygen atoms in total. The summed E-state index contributed by atoms with van der Waals surface area (Å²) in [6.07, 6.45) is 13.1. The van der Waals surface area contributed by atoms with Gasteiger partial charge in [0.05, 0.1) is 0 Å². The molecule has 0 aromatic rings. The van der Waals surface area contributed by atoms with Crippen molar-refractivity contribution < 1.29 is 9.53 Å². The first-order chi connectivity index (χ1) is 8.34. The molecule has 2 heteroatoms. The van der Waals surface area contributed by atoms with E-state index in [1.807, 2.05) is 0 Å². The normalized spacial score (nSPS) is 33.3.